The summed E-state index contributed by atoms with van der Waals surface area (Å²) in [5.74, 6) is -19.7. The molecule has 0 heterocycles. The molecule has 0 unspecified atom stereocenters. The third kappa shape index (κ3) is 2.18. The Morgan fingerprint density at radius 1 is 0.588 bits per heavy atom. The molecular weight excluding hydrogens is 271 g/mol. The minimum Gasteiger partial charge on any atom is -0.384 e. The topological polar surface area (TPSA) is 20.2 Å². The molecule has 10 heteroatoms. The highest BCUT2D eigenvalue weighted by molar-refractivity contribution is 5.06. The summed E-state index contributed by atoms with van der Waals surface area (Å²) < 4.78 is 110. The van der Waals surface area contributed by atoms with Gasteiger partial charge in [-0.3, -0.25) is 0 Å². The first-order valence-corrected chi connectivity index (χ1v) is 3.92. The van der Waals surface area contributed by atoms with Gasteiger partial charge in [0.15, 0.2) is 0 Å². The Balaban J connectivity index is 5.73. The molecule has 1 nitrogen and oxygen atoms in total. The molecular formula is C7H7F9O. The van der Waals surface area contributed by atoms with E-state index in [9.17, 15) is 39.5 Å². The highest BCUT2D eigenvalue weighted by atomic mass is 19.4. The molecule has 0 aromatic heterocycles. The molecule has 0 atom stereocenters. The van der Waals surface area contributed by atoms with E-state index in [1.165, 1.54) is 0 Å². The molecule has 0 rings (SSSR count). The molecule has 0 amide bonds. The molecule has 17 heavy (non-hydrogen) atoms. The van der Waals surface area contributed by atoms with E-state index in [1.54, 1.807) is 0 Å². The number of hydrogen-bond donors (Lipinski definition) is 1. The highest BCUT2D eigenvalue weighted by Crippen LogP contribution is 2.55. The van der Waals surface area contributed by atoms with E-state index in [-0.39, 0.29) is 13.8 Å². The van der Waals surface area contributed by atoms with Gasteiger partial charge in [0.25, 0.3) is 0 Å². The third-order valence-corrected chi connectivity index (χ3v) is 1.91. The molecule has 104 valence electrons. The summed E-state index contributed by atoms with van der Waals surface area (Å²) in [7, 11) is 0. The Morgan fingerprint density at radius 2 is 0.882 bits per heavy atom. The van der Waals surface area contributed by atoms with Crippen molar-refractivity contribution >= 4 is 0 Å². The summed E-state index contributed by atoms with van der Waals surface area (Å²) in [4.78, 5) is 0. The van der Waals surface area contributed by atoms with Gasteiger partial charge in [-0.1, -0.05) is 0 Å². The van der Waals surface area contributed by atoms with E-state index < -0.39 is 29.5 Å². The standard InChI is InChI=1S/C7H7F9O/c1-3(2,17)4(8,9)5(10,11)6(12,13)7(14,15)16/h17H,1-2H3. The second-order valence-electron chi connectivity index (χ2n) is 3.78. The van der Waals surface area contributed by atoms with Crippen LogP contribution in [0.15, 0.2) is 0 Å². The van der Waals surface area contributed by atoms with Gasteiger partial charge in [-0.25, -0.2) is 0 Å². The molecule has 1 N–H and O–H groups in total. The van der Waals surface area contributed by atoms with Crippen LogP contribution in [0.4, 0.5) is 39.5 Å². The normalized spacial score (nSPS) is 16.2. The van der Waals surface area contributed by atoms with Crippen LogP contribution in [0, 0.1) is 0 Å². The third-order valence-electron chi connectivity index (χ3n) is 1.91. The van der Waals surface area contributed by atoms with Crippen molar-refractivity contribution in [2.45, 2.75) is 43.4 Å². The maximum absolute atomic E-state index is 12.8. The lowest BCUT2D eigenvalue weighted by molar-refractivity contribution is -0.413. The predicted molar refractivity (Wildman–Crippen MR) is 37.2 cm³/mol. The van der Waals surface area contributed by atoms with Crippen LogP contribution in [-0.4, -0.2) is 34.7 Å². The molecule has 0 radical (unpaired) electrons. The van der Waals surface area contributed by atoms with Gasteiger partial charge in [-0.15, -0.1) is 0 Å². The van der Waals surface area contributed by atoms with Gasteiger partial charge in [0, 0.05) is 0 Å². The number of alkyl halides is 9. The number of halogens is 9. The molecule has 0 saturated carbocycles. The number of hydrogen-bond acceptors (Lipinski definition) is 1. The minimum absolute atomic E-state index is 0.00658. The second kappa shape index (κ2) is 3.66. The molecule has 0 fully saturated rings. The Morgan fingerprint density at radius 3 is 1.06 bits per heavy atom. The van der Waals surface area contributed by atoms with Crippen molar-refractivity contribution in [1.82, 2.24) is 0 Å². The molecule has 0 saturated heterocycles. The van der Waals surface area contributed by atoms with Crippen LogP contribution in [0.25, 0.3) is 0 Å². The van der Waals surface area contributed by atoms with Crippen molar-refractivity contribution < 1.29 is 44.6 Å². The zero-order chi connectivity index (χ0) is 14.5. The van der Waals surface area contributed by atoms with Gasteiger partial charge >= 0.3 is 23.9 Å². The highest BCUT2D eigenvalue weighted by Gasteiger charge is 2.84. The maximum atomic E-state index is 12.8. The van der Waals surface area contributed by atoms with Crippen LogP contribution in [0.2, 0.25) is 0 Å². The van der Waals surface area contributed by atoms with Crippen LogP contribution in [0.1, 0.15) is 13.8 Å². The van der Waals surface area contributed by atoms with Crippen molar-refractivity contribution in [3.05, 3.63) is 0 Å². The molecule has 0 aromatic rings. The van der Waals surface area contributed by atoms with Crippen molar-refractivity contribution in [2.75, 3.05) is 0 Å². The van der Waals surface area contributed by atoms with E-state index in [0.29, 0.717) is 0 Å². The Labute approximate surface area is 89.2 Å². The van der Waals surface area contributed by atoms with Crippen LogP contribution >= 0.6 is 0 Å². The summed E-state index contributed by atoms with van der Waals surface area (Å²) in [6.07, 6.45) is -6.87. The maximum Gasteiger partial charge on any atom is 0.460 e. The fourth-order valence-corrected chi connectivity index (χ4v) is 0.759. The lowest BCUT2D eigenvalue weighted by Crippen LogP contribution is -2.67. The lowest BCUT2D eigenvalue weighted by Gasteiger charge is -2.39. The molecule has 0 bridgehead atoms. The van der Waals surface area contributed by atoms with Crippen LogP contribution in [0.5, 0.6) is 0 Å². The van der Waals surface area contributed by atoms with Gasteiger partial charge in [-0.2, -0.15) is 39.5 Å². The number of rotatable bonds is 3. The average molecular weight is 278 g/mol. The Kier molecular flexibility index (Phi) is 3.52. The molecule has 0 aliphatic rings. The monoisotopic (exact) mass is 278 g/mol. The predicted octanol–water partition coefficient (Wildman–Crippen LogP) is 3.23. The summed E-state index contributed by atoms with van der Waals surface area (Å²) in [6.45, 7) is -0.0132. The van der Waals surface area contributed by atoms with Crippen LogP contribution in [0.3, 0.4) is 0 Å². The Hall–Kier alpha value is -0.670. The van der Waals surface area contributed by atoms with E-state index in [4.69, 9.17) is 5.11 Å². The van der Waals surface area contributed by atoms with E-state index in [2.05, 4.69) is 0 Å². The SMILES string of the molecule is CC(C)(O)C(F)(F)C(F)(F)C(F)(F)C(F)(F)F. The zero-order valence-corrected chi connectivity index (χ0v) is 8.35. The fourth-order valence-electron chi connectivity index (χ4n) is 0.759. The first kappa shape index (κ1) is 16.3. The van der Waals surface area contributed by atoms with E-state index in [1.807, 2.05) is 0 Å². The smallest absolute Gasteiger partial charge is 0.384 e. The van der Waals surface area contributed by atoms with Crippen molar-refractivity contribution in [3.8, 4) is 0 Å². The number of aliphatic hydroxyl groups is 1. The van der Waals surface area contributed by atoms with Crippen molar-refractivity contribution in [1.29, 1.82) is 0 Å². The van der Waals surface area contributed by atoms with Gasteiger partial charge < -0.3 is 5.11 Å². The lowest BCUT2D eigenvalue weighted by atomic mass is 9.90. The van der Waals surface area contributed by atoms with E-state index >= 15 is 0 Å². The van der Waals surface area contributed by atoms with Crippen LogP contribution in [-0.2, 0) is 0 Å². The zero-order valence-electron chi connectivity index (χ0n) is 8.35. The fraction of sp³-hybridized carbons (Fsp3) is 1.00. The quantitative estimate of drug-likeness (QED) is 0.786. The second-order valence-corrected chi connectivity index (χ2v) is 3.78. The minimum atomic E-state index is -6.97. The Bertz CT molecular complexity index is 257. The molecule has 0 aliphatic heterocycles. The average Bonchev–Trinajstić information content (AvgIpc) is 1.98. The van der Waals surface area contributed by atoms with E-state index in [0.717, 1.165) is 0 Å². The van der Waals surface area contributed by atoms with Crippen LogP contribution < -0.4 is 0 Å². The van der Waals surface area contributed by atoms with Gasteiger partial charge in [-0.05, 0) is 13.8 Å². The molecule has 0 spiro atoms. The first-order valence-electron chi connectivity index (χ1n) is 3.92. The van der Waals surface area contributed by atoms with Gasteiger partial charge in [0.2, 0.25) is 0 Å². The molecule has 0 aromatic carbocycles. The first-order chi connectivity index (χ1) is 7.00. The summed E-state index contributed by atoms with van der Waals surface area (Å²) in [5.41, 5.74) is -3.76. The van der Waals surface area contributed by atoms with Crippen molar-refractivity contribution in [2.24, 2.45) is 0 Å². The molecule has 0 aliphatic carbocycles. The van der Waals surface area contributed by atoms with Gasteiger partial charge in [0.05, 0.1) is 0 Å². The van der Waals surface area contributed by atoms with Crippen molar-refractivity contribution in [3.63, 3.8) is 0 Å². The summed E-state index contributed by atoms with van der Waals surface area (Å²) in [6, 6.07) is 0. The summed E-state index contributed by atoms with van der Waals surface area (Å²) in [5, 5.41) is 8.58. The van der Waals surface area contributed by atoms with Gasteiger partial charge in [0.1, 0.15) is 5.60 Å². The largest absolute Gasteiger partial charge is 0.460 e. The summed E-state index contributed by atoms with van der Waals surface area (Å²) >= 11 is 0.